The monoisotopic (exact) mass is 572 g/mol. The van der Waals surface area contributed by atoms with Gasteiger partial charge < -0.3 is 9.80 Å². The van der Waals surface area contributed by atoms with E-state index in [1.807, 2.05) is 64.2 Å². The highest BCUT2D eigenvalue weighted by Gasteiger charge is 2.24. The first-order chi connectivity index (χ1) is 17.9. The maximum absolute atomic E-state index is 13.0. The minimum absolute atomic E-state index is 0.00183. The number of hydrogen-bond acceptors (Lipinski definition) is 7. The highest BCUT2D eigenvalue weighted by atomic mass is 35.5. The second-order valence-electron chi connectivity index (χ2n) is 8.69. The largest absolute Gasteiger partial charge is 0.335 e. The average Bonchev–Trinajstić information content (AvgIpc) is 3.56. The molecule has 37 heavy (non-hydrogen) atoms. The number of thioether (sulfide) groups is 1. The van der Waals surface area contributed by atoms with Gasteiger partial charge in [-0.2, -0.15) is 0 Å². The number of aryl methyl sites for hydroxylation is 1. The topological polar surface area (TPSA) is 67.2 Å². The van der Waals surface area contributed by atoms with E-state index >= 15 is 0 Å². The second-order valence-corrected chi connectivity index (χ2v) is 11.4. The van der Waals surface area contributed by atoms with Crippen LogP contribution in [0, 0.1) is 6.92 Å². The van der Waals surface area contributed by atoms with E-state index in [4.69, 9.17) is 23.2 Å². The number of carbonyl (C=O) groups is 1. The molecule has 11 heteroatoms. The molecule has 0 bridgehead atoms. The van der Waals surface area contributed by atoms with Crippen molar-refractivity contribution in [1.82, 2.24) is 29.5 Å². The fourth-order valence-electron chi connectivity index (χ4n) is 4.25. The predicted molar refractivity (Wildman–Crippen MR) is 151 cm³/mol. The number of nitrogens with zero attached hydrogens (tertiary/aromatic N) is 6. The van der Waals surface area contributed by atoms with E-state index in [1.165, 1.54) is 23.1 Å². The highest BCUT2D eigenvalue weighted by Crippen LogP contribution is 2.35. The van der Waals surface area contributed by atoms with Gasteiger partial charge in [0.15, 0.2) is 11.0 Å². The van der Waals surface area contributed by atoms with Crippen LogP contribution in [0.25, 0.3) is 17.1 Å². The molecule has 1 saturated heterocycles. The summed E-state index contributed by atoms with van der Waals surface area (Å²) in [5.41, 5.74) is 3.21. The molecular formula is C26H26Cl2N6OS2. The van der Waals surface area contributed by atoms with Crippen LogP contribution in [0.4, 0.5) is 0 Å². The van der Waals surface area contributed by atoms with Crippen LogP contribution in [0.3, 0.4) is 0 Å². The lowest BCUT2D eigenvalue weighted by Gasteiger charge is -2.33. The van der Waals surface area contributed by atoms with Crippen molar-refractivity contribution >= 4 is 52.2 Å². The van der Waals surface area contributed by atoms with Crippen LogP contribution in [0.1, 0.15) is 28.0 Å². The molecule has 0 atom stereocenters. The molecule has 0 spiro atoms. The van der Waals surface area contributed by atoms with Crippen molar-refractivity contribution in [3.8, 4) is 17.1 Å². The average molecular weight is 574 g/mol. The Hall–Kier alpha value is -2.43. The highest BCUT2D eigenvalue weighted by molar-refractivity contribution is 7.98. The predicted octanol–water partition coefficient (Wildman–Crippen LogP) is 6.08. The molecule has 1 aliphatic heterocycles. The van der Waals surface area contributed by atoms with Crippen molar-refractivity contribution in [1.29, 1.82) is 0 Å². The summed E-state index contributed by atoms with van der Waals surface area (Å²) in [7, 11) is 0. The molecule has 0 N–H and O–H groups in total. The zero-order valence-electron chi connectivity index (χ0n) is 20.5. The Morgan fingerprint density at radius 1 is 1.08 bits per heavy atom. The zero-order valence-corrected chi connectivity index (χ0v) is 23.7. The lowest BCUT2D eigenvalue weighted by Crippen LogP contribution is -2.48. The Balaban J connectivity index is 1.39. The van der Waals surface area contributed by atoms with Gasteiger partial charge in [-0.15, -0.1) is 21.5 Å². The minimum atomic E-state index is 0.00183. The summed E-state index contributed by atoms with van der Waals surface area (Å²) in [6.07, 6.45) is 0. The van der Waals surface area contributed by atoms with E-state index in [9.17, 15) is 4.79 Å². The van der Waals surface area contributed by atoms with E-state index in [2.05, 4.69) is 27.0 Å². The first kappa shape index (κ1) is 26.2. The van der Waals surface area contributed by atoms with E-state index < -0.39 is 0 Å². The Bertz CT molecular complexity index is 1410. The maximum atomic E-state index is 13.0. The standard InChI is InChI=1S/C26H26Cl2N6OS2/c1-3-32-10-12-33(13-11-32)25(35)21-15-36-23(29-21)16-37-26-31-30-24(19-6-4-5-7-20(19)28)34(26)22-14-18(27)9-8-17(22)2/h4-9,14-15H,3,10-13,16H2,1-2H3. The van der Waals surface area contributed by atoms with Crippen LogP contribution in [0.15, 0.2) is 53.0 Å². The molecule has 7 nitrogen and oxygen atoms in total. The summed E-state index contributed by atoms with van der Waals surface area (Å²) < 4.78 is 1.99. The maximum Gasteiger partial charge on any atom is 0.273 e. The van der Waals surface area contributed by atoms with Crippen molar-refractivity contribution in [2.24, 2.45) is 0 Å². The number of benzene rings is 2. The summed E-state index contributed by atoms with van der Waals surface area (Å²) in [6, 6.07) is 13.3. The number of carbonyl (C=O) groups excluding carboxylic acids is 1. The van der Waals surface area contributed by atoms with Gasteiger partial charge in [0.2, 0.25) is 0 Å². The van der Waals surface area contributed by atoms with Crippen LogP contribution < -0.4 is 0 Å². The molecule has 2 aromatic heterocycles. The molecule has 5 rings (SSSR count). The molecule has 3 heterocycles. The number of hydrogen-bond donors (Lipinski definition) is 0. The summed E-state index contributed by atoms with van der Waals surface area (Å²) in [4.78, 5) is 21.9. The van der Waals surface area contributed by atoms with E-state index in [1.54, 1.807) is 0 Å². The Labute approximate surface area is 234 Å². The zero-order chi connectivity index (χ0) is 25.9. The first-order valence-electron chi connectivity index (χ1n) is 12.0. The number of likely N-dealkylation sites (N-methyl/N-ethyl adjacent to an activating group) is 1. The van der Waals surface area contributed by atoms with E-state index in [0.717, 1.165) is 54.5 Å². The lowest BCUT2D eigenvalue weighted by atomic mass is 10.1. The van der Waals surface area contributed by atoms with Crippen LogP contribution in [-0.4, -0.2) is 68.2 Å². The summed E-state index contributed by atoms with van der Waals surface area (Å²) in [5.74, 6) is 1.20. The molecule has 4 aromatic rings. The summed E-state index contributed by atoms with van der Waals surface area (Å²) in [6.45, 7) is 8.46. The third kappa shape index (κ3) is 5.71. The molecule has 1 aliphatic rings. The molecular weight excluding hydrogens is 547 g/mol. The van der Waals surface area contributed by atoms with Gasteiger partial charge in [0, 0.05) is 42.1 Å². The van der Waals surface area contributed by atoms with Crippen LogP contribution in [0.5, 0.6) is 0 Å². The van der Waals surface area contributed by atoms with Crippen molar-refractivity contribution < 1.29 is 4.79 Å². The van der Waals surface area contributed by atoms with Crippen LogP contribution in [0.2, 0.25) is 10.0 Å². The van der Waals surface area contributed by atoms with Gasteiger partial charge in [0.1, 0.15) is 10.7 Å². The van der Waals surface area contributed by atoms with Gasteiger partial charge in [-0.05, 0) is 43.3 Å². The van der Waals surface area contributed by atoms with Gasteiger partial charge in [-0.3, -0.25) is 9.36 Å². The molecule has 0 radical (unpaired) electrons. The number of aromatic nitrogens is 4. The van der Waals surface area contributed by atoms with Gasteiger partial charge >= 0.3 is 0 Å². The van der Waals surface area contributed by atoms with E-state index in [-0.39, 0.29) is 5.91 Å². The Morgan fingerprint density at radius 2 is 1.86 bits per heavy atom. The summed E-state index contributed by atoms with van der Waals surface area (Å²) in [5, 5.41) is 13.6. The normalized spacial score (nSPS) is 14.3. The number of piperazine rings is 1. The van der Waals surface area contributed by atoms with Gasteiger partial charge in [0.25, 0.3) is 5.91 Å². The van der Waals surface area contributed by atoms with E-state index in [0.29, 0.717) is 32.5 Å². The third-order valence-corrected chi connectivity index (χ3v) is 8.90. The quantitative estimate of drug-likeness (QED) is 0.250. The number of halogens is 2. The summed E-state index contributed by atoms with van der Waals surface area (Å²) >= 11 is 15.9. The van der Waals surface area contributed by atoms with Gasteiger partial charge in [-0.1, -0.05) is 60.1 Å². The van der Waals surface area contributed by atoms with Gasteiger partial charge in [-0.25, -0.2) is 4.98 Å². The van der Waals surface area contributed by atoms with Crippen LogP contribution in [-0.2, 0) is 5.75 Å². The lowest BCUT2D eigenvalue weighted by molar-refractivity contribution is 0.0638. The number of thiazole rings is 1. The molecule has 1 fully saturated rings. The minimum Gasteiger partial charge on any atom is -0.335 e. The molecule has 0 aliphatic carbocycles. The third-order valence-electron chi connectivity index (χ3n) is 6.36. The van der Waals surface area contributed by atoms with Crippen molar-refractivity contribution in [3.05, 3.63) is 74.2 Å². The van der Waals surface area contributed by atoms with Crippen LogP contribution >= 0.6 is 46.3 Å². The molecule has 2 aromatic carbocycles. The molecule has 0 unspecified atom stereocenters. The SMILES string of the molecule is CCN1CCN(C(=O)c2csc(CSc3nnc(-c4ccccc4Cl)n3-c3cc(Cl)ccc3C)n2)CC1. The molecule has 1 amide bonds. The number of rotatable bonds is 7. The van der Waals surface area contributed by atoms with Crippen molar-refractivity contribution in [3.63, 3.8) is 0 Å². The molecule has 192 valence electrons. The number of amides is 1. The first-order valence-corrected chi connectivity index (χ1v) is 14.6. The Morgan fingerprint density at radius 3 is 2.62 bits per heavy atom. The Kier molecular flexibility index (Phi) is 8.16. The second kappa shape index (κ2) is 11.5. The fourth-order valence-corrected chi connectivity index (χ4v) is 6.37. The fraction of sp³-hybridized carbons (Fsp3) is 0.308. The van der Waals surface area contributed by atoms with Crippen molar-refractivity contribution in [2.45, 2.75) is 24.8 Å². The smallest absolute Gasteiger partial charge is 0.273 e. The van der Waals surface area contributed by atoms with Crippen molar-refractivity contribution in [2.75, 3.05) is 32.7 Å². The molecule has 0 saturated carbocycles. The van der Waals surface area contributed by atoms with Gasteiger partial charge in [0.05, 0.1) is 16.5 Å².